The lowest BCUT2D eigenvalue weighted by molar-refractivity contribution is 0.312. The highest BCUT2D eigenvalue weighted by molar-refractivity contribution is 7.17. The Kier molecular flexibility index (Phi) is 4.54. The van der Waals surface area contributed by atoms with Crippen molar-refractivity contribution >= 4 is 39.0 Å². The van der Waals surface area contributed by atoms with E-state index in [-0.39, 0.29) is 0 Å². The summed E-state index contributed by atoms with van der Waals surface area (Å²) in [6.07, 6.45) is 5.02. The molecule has 0 amide bonds. The number of piperazine rings is 1. The summed E-state index contributed by atoms with van der Waals surface area (Å²) >= 11 is 7.94. The number of likely N-dealkylation sites (N-methyl/N-ethyl adjacent to an activating group) is 1. The van der Waals surface area contributed by atoms with Gasteiger partial charge in [0, 0.05) is 37.1 Å². The van der Waals surface area contributed by atoms with Crippen molar-refractivity contribution in [3.8, 4) is 11.1 Å². The Morgan fingerprint density at radius 1 is 1.00 bits per heavy atom. The number of nitrogens with zero attached hydrogens (tertiary/aromatic N) is 4. The summed E-state index contributed by atoms with van der Waals surface area (Å²) in [6.45, 7) is 4.03. The summed E-state index contributed by atoms with van der Waals surface area (Å²) in [5.74, 6) is 0.993. The van der Waals surface area contributed by atoms with E-state index in [9.17, 15) is 0 Å². The molecule has 1 fully saturated rings. The average Bonchev–Trinajstić information content (AvgIpc) is 3.11. The Morgan fingerprint density at radius 2 is 1.78 bits per heavy atom. The fourth-order valence-corrected chi connectivity index (χ4v) is 5.42. The molecule has 2 aliphatic rings. The summed E-state index contributed by atoms with van der Waals surface area (Å²) < 4.78 is 0. The van der Waals surface area contributed by atoms with Crippen molar-refractivity contribution in [1.29, 1.82) is 0 Å². The van der Waals surface area contributed by atoms with Gasteiger partial charge in [-0.2, -0.15) is 4.98 Å². The molecule has 1 saturated heterocycles. The lowest BCUT2D eigenvalue weighted by atomic mass is 9.89. The molecule has 3 aromatic rings. The number of hydrogen-bond acceptors (Lipinski definition) is 5. The molecular weight excluding hydrogens is 376 g/mol. The highest BCUT2D eigenvalue weighted by atomic mass is 35.5. The molecule has 2 aromatic heterocycles. The van der Waals surface area contributed by atoms with Crippen molar-refractivity contribution in [3.05, 3.63) is 40.0 Å². The van der Waals surface area contributed by atoms with Gasteiger partial charge in [0.25, 0.3) is 0 Å². The summed E-state index contributed by atoms with van der Waals surface area (Å²) in [4.78, 5) is 14.9. The van der Waals surface area contributed by atoms with E-state index in [0.717, 1.165) is 42.2 Å². The Labute approximate surface area is 168 Å². The fourth-order valence-electron chi connectivity index (χ4n) is 4.26. The van der Waals surface area contributed by atoms with E-state index in [2.05, 4.69) is 50.4 Å². The van der Waals surface area contributed by atoms with E-state index >= 15 is 0 Å². The van der Waals surface area contributed by atoms with Crippen molar-refractivity contribution in [2.24, 2.45) is 0 Å². The number of rotatable bonds is 2. The first kappa shape index (κ1) is 17.4. The quantitative estimate of drug-likeness (QED) is 0.588. The molecule has 1 aliphatic heterocycles. The van der Waals surface area contributed by atoms with Crippen LogP contribution in [0.4, 0.5) is 5.82 Å². The minimum absolute atomic E-state index is 0.343. The van der Waals surface area contributed by atoms with E-state index in [4.69, 9.17) is 11.6 Å². The molecule has 1 aromatic carbocycles. The molecular formula is C21H23ClN4S. The first-order valence-electron chi connectivity index (χ1n) is 9.69. The monoisotopic (exact) mass is 398 g/mol. The van der Waals surface area contributed by atoms with Crippen LogP contribution in [-0.2, 0) is 12.8 Å². The third kappa shape index (κ3) is 3.22. The van der Waals surface area contributed by atoms with Gasteiger partial charge in [0.1, 0.15) is 10.6 Å². The van der Waals surface area contributed by atoms with Crippen LogP contribution in [-0.4, -0.2) is 48.1 Å². The Bertz CT molecular complexity index is 991. The number of anilines is 1. The zero-order chi connectivity index (χ0) is 18.4. The first-order chi connectivity index (χ1) is 13.2. The number of hydrogen-bond donors (Lipinski definition) is 0. The standard InChI is InChI=1S/C21H23ClN4S/c1-25-8-10-26(11-9-25)19-18-17(13-27-20(18)24-21(22)23-19)16-7-6-14-4-2-3-5-15(14)12-16/h6-7,12-13H,2-5,8-11H2,1H3. The molecule has 1 aliphatic carbocycles. The Balaban J connectivity index is 1.63. The summed E-state index contributed by atoms with van der Waals surface area (Å²) in [5, 5.41) is 3.72. The molecule has 0 spiro atoms. The van der Waals surface area contributed by atoms with Crippen LogP contribution in [0.1, 0.15) is 24.0 Å². The number of benzene rings is 1. The molecule has 0 bridgehead atoms. The van der Waals surface area contributed by atoms with E-state index in [1.165, 1.54) is 47.9 Å². The number of halogens is 1. The van der Waals surface area contributed by atoms with Gasteiger partial charge in [0.05, 0.1) is 5.39 Å². The minimum atomic E-state index is 0.343. The van der Waals surface area contributed by atoms with Crippen LogP contribution in [0.15, 0.2) is 23.6 Å². The van der Waals surface area contributed by atoms with Gasteiger partial charge in [-0.3, -0.25) is 0 Å². The molecule has 140 valence electrons. The zero-order valence-corrected chi connectivity index (χ0v) is 17.1. The predicted molar refractivity (Wildman–Crippen MR) is 114 cm³/mol. The van der Waals surface area contributed by atoms with E-state index < -0.39 is 0 Å². The number of aryl methyl sites for hydroxylation is 2. The fraction of sp³-hybridized carbons (Fsp3) is 0.429. The van der Waals surface area contributed by atoms with Crippen molar-refractivity contribution in [2.75, 3.05) is 38.1 Å². The Morgan fingerprint density at radius 3 is 2.59 bits per heavy atom. The van der Waals surface area contributed by atoms with Gasteiger partial charge in [-0.15, -0.1) is 11.3 Å². The van der Waals surface area contributed by atoms with Crippen LogP contribution in [0, 0.1) is 0 Å². The average molecular weight is 399 g/mol. The van der Waals surface area contributed by atoms with E-state index in [1.807, 2.05) is 0 Å². The van der Waals surface area contributed by atoms with Crippen LogP contribution in [0.25, 0.3) is 21.3 Å². The maximum absolute atomic E-state index is 6.27. The molecule has 4 nitrogen and oxygen atoms in total. The normalized spacial score (nSPS) is 18.1. The minimum Gasteiger partial charge on any atom is -0.353 e. The number of thiophene rings is 1. The third-order valence-corrected chi connectivity index (χ3v) is 6.89. The summed E-state index contributed by atoms with van der Waals surface area (Å²) in [7, 11) is 2.17. The number of aromatic nitrogens is 2. The van der Waals surface area contributed by atoms with Crippen LogP contribution < -0.4 is 4.90 Å². The second kappa shape index (κ2) is 7.04. The van der Waals surface area contributed by atoms with Gasteiger partial charge in [-0.1, -0.05) is 18.2 Å². The Hall–Kier alpha value is -1.69. The largest absolute Gasteiger partial charge is 0.353 e. The van der Waals surface area contributed by atoms with Crippen molar-refractivity contribution in [2.45, 2.75) is 25.7 Å². The first-order valence-corrected chi connectivity index (χ1v) is 11.0. The smallest absolute Gasteiger partial charge is 0.225 e. The van der Waals surface area contributed by atoms with Gasteiger partial charge in [-0.05, 0) is 61.0 Å². The molecule has 0 N–H and O–H groups in total. The van der Waals surface area contributed by atoms with Gasteiger partial charge in [0.2, 0.25) is 5.28 Å². The van der Waals surface area contributed by atoms with Crippen LogP contribution in [0.2, 0.25) is 5.28 Å². The zero-order valence-electron chi connectivity index (χ0n) is 15.5. The molecule has 5 rings (SSSR count). The van der Waals surface area contributed by atoms with Gasteiger partial charge in [-0.25, -0.2) is 4.98 Å². The second-order valence-corrected chi connectivity index (χ2v) is 8.82. The molecule has 0 unspecified atom stereocenters. The van der Waals surface area contributed by atoms with E-state index in [0.29, 0.717) is 5.28 Å². The topological polar surface area (TPSA) is 32.3 Å². The van der Waals surface area contributed by atoms with Crippen LogP contribution in [0.5, 0.6) is 0 Å². The van der Waals surface area contributed by atoms with Crippen LogP contribution >= 0.6 is 22.9 Å². The SMILES string of the molecule is CN1CCN(c2nc(Cl)nc3scc(-c4ccc5c(c4)CCCC5)c23)CC1. The number of fused-ring (bicyclic) bond motifs is 2. The molecule has 0 saturated carbocycles. The molecule has 0 radical (unpaired) electrons. The molecule has 3 heterocycles. The maximum atomic E-state index is 6.27. The molecule has 27 heavy (non-hydrogen) atoms. The predicted octanol–water partition coefficient (Wildman–Crippen LogP) is 4.64. The highest BCUT2D eigenvalue weighted by Crippen LogP contribution is 2.40. The lowest BCUT2D eigenvalue weighted by Gasteiger charge is -2.33. The second-order valence-electron chi connectivity index (χ2n) is 7.63. The van der Waals surface area contributed by atoms with Crippen molar-refractivity contribution < 1.29 is 0 Å². The maximum Gasteiger partial charge on any atom is 0.225 e. The van der Waals surface area contributed by atoms with E-state index in [1.54, 1.807) is 11.3 Å². The lowest BCUT2D eigenvalue weighted by Crippen LogP contribution is -2.44. The third-order valence-electron chi connectivity index (χ3n) is 5.85. The molecule has 6 heteroatoms. The van der Waals surface area contributed by atoms with Crippen LogP contribution in [0.3, 0.4) is 0 Å². The summed E-state index contributed by atoms with van der Waals surface area (Å²) in [5.41, 5.74) is 5.55. The van der Waals surface area contributed by atoms with Crippen molar-refractivity contribution in [1.82, 2.24) is 14.9 Å². The molecule has 0 atom stereocenters. The van der Waals surface area contributed by atoms with Gasteiger partial charge >= 0.3 is 0 Å². The highest BCUT2D eigenvalue weighted by Gasteiger charge is 2.22. The van der Waals surface area contributed by atoms with Gasteiger partial charge < -0.3 is 9.80 Å². The van der Waals surface area contributed by atoms with Gasteiger partial charge in [0.15, 0.2) is 0 Å². The van der Waals surface area contributed by atoms with Crippen molar-refractivity contribution in [3.63, 3.8) is 0 Å². The summed E-state index contributed by atoms with van der Waals surface area (Å²) in [6, 6.07) is 6.98.